The van der Waals surface area contributed by atoms with Crippen molar-refractivity contribution in [2.24, 2.45) is 0 Å². The average molecular weight is 332 g/mol. The second-order valence-electron chi connectivity index (χ2n) is 6.05. The van der Waals surface area contributed by atoms with Crippen LogP contribution in [0.25, 0.3) is 0 Å². The van der Waals surface area contributed by atoms with E-state index < -0.39 is 0 Å². The van der Waals surface area contributed by atoms with Crippen LogP contribution in [0.5, 0.6) is 0 Å². The average Bonchev–Trinajstić information content (AvgIpc) is 3.00. The van der Waals surface area contributed by atoms with Crippen LogP contribution in [0.15, 0.2) is 35.7 Å². The molecule has 0 saturated heterocycles. The zero-order chi connectivity index (χ0) is 16.2. The van der Waals surface area contributed by atoms with Crippen molar-refractivity contribution in [2.75, 3.05) is 13.1 Å². The molecule has 1 aliphatic rings. The minimum absolute atomic E-state index is 0.0596. The third-order valence-electron chi connectivity index (χ3n) is 4.31. The van der Waals surface area contributed by atoms with E-state index in [4.69, 9.17) is 0 Å². The van der Waals surface area contributed by atoms with Gasteiger partial charge < -0.3 is 5.32 Å². The lowest BCUT2D eigenvalue weighted by molar-refractivity contribution is -0.120. The molecule has 1 unspecified atom stereocenters. The van der Waals surface area contributed by atoms with Crippen molar-refractivity contribution in [3.05, 3.63) is 57.5 Å². The number of nitrogens with one attached hydrogen (secondary N) is 1. The summed E-state index contributed by atoms with van der Waals surface area (Å²) in [6, 6.07) is 8.69. The van der Waals surface area contributed by atoms with Crippen LogP contribution in [0.1, 0.15) is 22.9 Å². The Balaban J connectivity index is 1.47. The van der Waals surface area contributed by atoms with Crippen LogP contribution < -0.4 is 5.32 Å². The van der Waals surface area contributed by atoms with Crippen molar-refractivity contribution in [1.82, 2.24) is 10.2 Å². The Morgan fingerprint density at radius 1 is 1.43 bits per heavy atom. The first-order valence-electron chi connectivity index (χ1n) is 7.92. The lowest BCUT2D eigenvalue weighted by atomic mass is 10.1. The molecule has 1 N–H and O–H groups in total. The first kappa shape index (κ1) is 16.1. The van der Waals surface area contributed by atoms with Crippen LogP contribution >= 0.6 is 11.3 Å². The van der Waals surface area contributed by atoms with Gasteiger partial charge in [-0.1, -0.05) is 12.1 Å². The van der Waals surface area contributed by atoms with E-state index in [1.54, 1.807) is 12.1 Å². The number of rotatable bonds is 5. The van der Waals surface area contributed by atoms with Gasteiger partial charge in [0.05, 0.1) is 6.42 Å². The molecule has 3 nitrogen and oxygen atoms in total. The lowest BCUT2D eigenvalue weighted by Crippen LogP contribution is -2.44. The Labute approximate surface area is 140 Å². The molecule has 2 aromatic rings. The van der Waals surface area contributed by atoms with Crippen molar-refractivity contribution in [3.63, 3.8) is 0 Å². The smallest absolute Gasteiger partial charge is 0.224 e. The second-order valence-corrected chi connectivity index (χ2v) is 7.05. The van der Waals surface area contributed by atoms with E-state index in [0.29, 0.717) is 18.2 Å². The van der Waals surface area contributed by atoms with Gasteiger partial charge in [-0.3, -0.25) is 9.69 Å². The summed E-state index contributed by atoms with van der Waals surface area (Å²) in [4.78, 5) is 15.9. The molecule has 1 atom stereocenters. The van der Waals surface area contributed by atoms with Crippen molar-refractivity contribution >= 4 is 17.2 Å². The topological polar surface area (TPSA) is 32.3 Å². The first-order chi connectivity index (χ1) is 11.1. The summed E-state index contributed by atoms with van der Waals surface area (Å²) in [7, 11) is 0. The highest BCUT2D eigenvalue weighted by atomic mass is 32.1. The molecule has 0 aliphatic carbocycles. The Kier molecular flexibility index (Phi) is 5.08. The Morgan fingerprint density at radius 3 is 3.13 bits per heavy atom. The van der Waals surface area contributed by atoms with E-state index in [2.05, 4.69) is 28.6 Å². The maximum atomic E-state index is 13.1. The van der Waals surface area contributed by atoms with Crippen LogP contribution in [-0.2, 0) is 24.2 Å². The van der Waals surface area contributed by atoms with Gasteiger partial charge in [-0.15, -0.1) is 11.3 Å². The van der Waals surface area contributed by atoms with Crippen LogP contribution in [0.3, 0.4) is 0 Å². The molecule has 23 heavy (non-hydrogen) atoms. The third-order valence-corrected chi connectivity index (χ3v) is 5.33. The first-order valence-corrected chi connectivity index (χ1v) is 8.80. The van der Waals surface area contributed by atoms with E-state index in [-0.39, 0.29) is 18.1 Å². The molecular formula is C18H21FN2OS. The Bertz CT molecular complexity index is 685. The van der Waals surface area contributed by atoms with Crippen molar-refractivity contribution in [2.45, 2.75) is 32.4 Å². The van der Waals surface area contributed by atoms with E-state index in [0.717, 1.165) is 19.5 Å². The van der Waals surface area contributed by atoms with Crippen LogP contribution in [0.4, 0.5) is 4.39 Å². The van der Waals surface area contributed by atoms with E-state index in [1.807, 2.05) is 11.3 Å². The number of hydrogen-bond donors (Lipinski definition) is 1. The maximum absolute atomic E-state index is 13.1. The van der Waals surface area contributed by atoms with Gasteiger partial charge in [0.25, 0.3) is 0 Å². The van der Waals surface area contributed by atoms with E-state index in [1.165, 1.54) is 22.6 Å². The minimum Gasteiger partial charge on any atom is -0.354 e. The Morgan fingerprint density at radius 2 is 2.30 bits per heavy atom. The van der Waals surface area contributed by atoms with Crippen LogP contribution in [-0.4, -0.2) is 29.9 Å². The second kappa shape index (κ2) is 7.23. The fourth-order valence-electron chi connectivity index (χ4n) is 2.93. The van der Waals surface area contributed by atoms with Gasteiger partial charge in [0, 0.05) is 30.6 Å². The number of nitrogens with zero attached hydrogens (tertiary/aromatic N) is 1. The lowest BCUT2D eigenvalue weighted by Gasteiger charge is -2.32. The molecule has 2 heterocycles. The van der Waals surface area contributed by atoms with Gasteiger partial charge in [0.1, 0.15) is 5.82 Å². The SMILES string of the molecule is CC(CNC(=O)Cc1cccc(F)c1)N1CCc2sccc2C1. The van der Waals surface area contributed by atoms with Gasteiger partial charge in [-0.25, -0.2) is 4.39 Å². The summed E-state index contributed by atoms with van der Waals surface area (Å²) in [5, 5.41) is 5.12. The molecule has 1 aromatic carbocycles. The van der Waals surface area contributed by atoms with Gasteiger partial charge >= 0.3 is 0 Å². The molecule has 3 rings (SSSR count). The highest BCUT2D eigenvalue weighted by Gasteiger charge is 2.21. The van der Waals surface area contributed by atoms with Gasteiger partial charge in [-0.05, 0) is 48.1 Å². The third kappa shape index (κ3) is 4.18. The zero-order valence-electron chi connectivity index (χ0n) is 13.2. The van der Waals surface area contributed by atoms with Crippen LogP contribution in [0.2, 0.25) is 0 Å². The van der Waals surface area contributed by atoms with Crippen LogP contribution in [0, 0.1) is 5.82 Å². The van der Waals surface area contributed by atoms with Crippen molar-refractivity contribution in [1.29, 1.82) is 0 Å². The molecule has 0 spiro atoms. The Hall–Kier alpha value is -1.72. The summed E-state index contributed by atoms with van der Waals surface area (Å²) in [5.41, 5.74) is 2.12. The molecule has 0 bridgehead atoms. The number of carbonyl (C=O) groups is 1. The number of amides is 1. The fraction of sp³-hybridized carbons (Fsp3) is 0.389. The number of fused-ring (bicyclic) bond motifs is 1. The van der Waals surface area contributed by atoms with E-state index in [9.17, 15) is 9.18 Å². The molecule has 1 amide bonds. The zero-order valence-corrected chi connectivity index (χ0v) is 14.0. The van der Waals surface area contributed by atoms with E-state index >= 15 is 0 Å². The number of thiophene rings is 1. The molecule has 0 fully saturated rings. The highest BCUT2D eigenvalue weighted by Crippen LogP contribution is 2.24. The number of benzene rings is 1. The predicted octanol–water partition coefficient (Wildman–Crippen LogP) is 2.99. The van der Waals surface area contributed by atoms with Gasteiger partial charge in [0.2, 0.25) is 5.91 Å². The molecule has 0 saturated carbocycles. The van der Waals surface area contributed by atoms with Crippen molar-refractivity contribution in [3.8, 4) is 0 Å². The summed E-state index contributed by atoms with van der Waals surface area (Å²) >= 11 is 1.83. The normalized spacial score (nSPS) is 15.9. The summed E-state index contributed by atoms with van der Waals surface area (Å²) in [6.45, 7) is 4.75. The predicted molar refractivity (Wildman–Crippen MR) is 91.0 cm³/mol. The fourth-order valence-corrected chi connectivity index (χ4v) is 3.82. The molecule has 0 radical (unpaired) electrons. The summed E-state index contributed by atoms with van der Waals surface area (Å²) in [5.74, 6) is -0.362. The standard InChI is InChI=1S/C18H21FN2OS/c1-13(21-7-5-17-15(12-21)6-8-23-17)11-20-18(22)10-14-3-2-4-16(19)9-14/h2-4,6,8-9,13H,5,7,10-12H2,1H3,(H,20,22). The molecule has 5 heteroatoms. The summed E-state index contributed by atoms with van der Waals surface area (Å²) < 4.78 is 13.1. The largest absolute Gasteiger partial charge is 0.354 e. The minimum atomic E-state index is -0.302. The highest BCUT2D eigenvalue weighted by molar-refractivity contribution is 7.10. The molecule has 1 aromatic heterocycles. The maximum Gasteiger partial charge on any atom is 0.224 e. The molecule has 122 valence electrons. The summed E-state index contributed by atoms with van der Waals surface area (Å²) in [6.07, 6.45) is 1.31. The van der Waals surface area contributed by atoms with Gasteiger partial charge in [-0.2, -0.15) is 0 Å². The number of hydrogen-bond acceptors (Lipinski definition) is 3. The quantitative estimate of drug-likeness (QED) is 0.913. The number of carbonyl (C=O) groups excluding carboxylic acids is 1. The molecule has 1 aliphatic heterocycles. The van der Waals surface area contributed by atoms with Gasteiger partial charge in [0.15, 0.2) is 0 Å². The monoisotopic (exact) mass is 332 g/mol. The van der Waals surface area contributed by atoms with Crippen molar-refractivity contribution < 1.29 is 9.18 Å². The number of halogens is 1. The molecular weight excluding hydrogens is 311 g/mol.